The van der Waals surface area contributed by atoms with E-state index in [-0.39, 0.29) is 36.1 Å². The van der Waals surface area contributed by atoms with E-state index < -0.39 is 5.97 Å². The van der Waals surface area contributed by atoms with E-state index in [1.54, 1.807) is 23.2 Å². The predicted octanol–water partition coefficient (Wildman–Crippen LogP) is 4.09. The molecule has 2 heterocycles. The molecule has 2 N–H and O–H groups in total. The monoisotopic (exact) mass is 507 g/mol. The molecule has 2 aromatic rings. The Morgan fingerprint density at radius 1 is 1.30 bits per heavy atom. The summed E-state index contributed by atoms with van der Waals surface area (Å²) in [5, 5.41) is 19.5. The summed E-state index contributed by atoms with van der Waals surface area (Å²) in [5.41, 5.74) is 3.58. The summed E-state index contributed by atoms with van der Waals surface area (Å²) in [5.74, 6) is -0.882. The molecule has 37 heavy (non-hydrogen) atoms. The van der Waals surface area contributed by atoms with E-state index in [4.69, 9.17) is 4.74 Å². The second kappa shape index (κ2) is 11.9. The fraction of sp³-hybridized carbons (Fsp3) is 0.483. The van der Waals surface area contributed by atoms with Crippen LogP contribution in [-0.2, 0) is 6.54 Å². The topological polar surface area (TPSA) is 103 Å². The number of carboxylic acids is 1. The molecule has 198 valence electrons. The maximum Gasteiger partial charge on any atom is 0.336 e. The summed E-state index contributed by atoms with van der Waals surface area (Å²) in [4.78, 5) is 33.7. The number of benzene rings is 1. The lowest BCUT2D eigenvalue weighted by Gasteiger charge is -2.38. The molecule has 0 saturated heterocycles. The quantitative estimate of drug-likeness (QED) is 0.555. The van der Waals surface area contributed by atoms with E-state index in [1.165, 1.54) is 12.0 Å². The van der Waals surface area contributed by atoms with Gasteiger partial charge in [-0.25, -0.2) is 9.78 Å². The molecule has 1 amide bonds. The van der Waals surface area contributed by atoms with E-state index >= 15 is 0 Å². The van der Waals surface area contributed by atoms with Gasteiger partial charge >= 0.3 is 5.97 Å². The molecule has 0 unspecified atom stereocenters. The average Bonchev–Trinajstić information content (AvgIpc) is 2.90. The van der Waals surface area contributed by atoms with E-state index in [0.29, 0.717) is 31.1 Å². The zero-order valence-electron chi connectivity index (χ0n) is 21.9. The SMILES string of the molecule is C[C@H]1CN([C@@H](C)CO)C(=O)c2cc(C3=CCCCC3)cnc2O[C@H]1CN(C)Cc1ccccc1C(=O)O. The third-order valence-electron chi connectivity index (χ3n) is 7.36. The van der Waals surface area contributed by atoms with Gasteiger partial charge in [-0.05, 0) is 68.5 Å². The molecule has 0 spiro atoms. The third-order valence-corrected chi connectivity index (χ3v) is 7.36. The molecular weight excluding hydrogens is 470 g/mol. The van der Waals surface area contributed by atoms with Crippen LogP contribution < -0.4 is 4.74 Å². The lowest BCUT2D eigenvalue weighted by Crippen LogP contribution is -2.50. The van der Waals surface area contributed by atoms with Gasteiger partial charge in [0.25, 0.3) is 5.91 Å². The number of likely N-dealkylation sites (N-methyl/N-ethyl adjacent to an activating group) is 1. The highest BCUT2D eigenvalue weighted by molar-refractivity contribution is 5.97. The smallest absolute Gasteiger partial charge is 0.336 e. The van der Waals surface area contributed by atoms with Crippen LogP contribution in [-0.4, -0.2) is 75.8 Å². The minimum Gasteiger partial charge on any atom is -0.478 e. The molecule has 3 atom stereocenters. The first-order valence-electron chi connectivity index (χ1n) is 13.1. The van der Waals surface area contributed by atoms with Gasteiger partial charge in [0, 0.05) is 31.7 Å². The number of amides is 1. The maximum atomic E-state index is 13.7. The van der Waals surface area contributed by atoms with Crippen LogP contribution in [0.3, 0.4) is 0 Å². The maximum absolute atomic E-state index is 13.7. The third kappa shape index (κ3) is 6.19. The Morgan fingerprint density at radius 2 is 2.08 bits per heavy atom. The van der Waals surface area contributed by atoms with Crippen molar-refractivity contribution >= 4 is 17.4 Å². The summed E-state index contributed by atoms with van der Waals surface area (Å²) in [7, 11) is 1.93. The number of aromatic carboxylic acids is 1. The number of carbonyl (C=O) groups excluding carboxylic acids is 1. The fourth-order valence-corrected chi connectivity index (χ4v) is 5.13. The van der Waals surface area contributed by atoms with Crippen LogP contribution in [0.15, 0.2) is 42.6 Å². The molecule has 0 saturated carbocycles. The number of pyridine rings is 1. The molecule has 0 radical (unpaired) electrons. The van der Waals surface area contributed by atoms with E-state index in [0.717, 1.165) is 30.4 Å². The molecule has 2 aliphatic rings. The summed E-state index contributed by atoms with van der Waals surface area (Å²) in [6.07, 6.45) is 8.02. The van der Waals surface area contributed by atoms with Gasteiger partial charge in [-0.2, -0.15) is 0 Å². The van der Waals surface area contributed by atoms with Crippen LogP contribution in [0.4, 0.5) is 0 Å². The Morgan fingerprint density at radius 3 is 2.78 bits per heavy atom. The number of aliphatic hydroxyl groups excluding tert-OH is 1. The van der Waals surface area contributed by atoms with Crippen molar-refractivity contribution in [3.8, 4) is 5.88 Å². The first-order chi connectivity index (χ1) is 17.8. The number of hydrogen-bond donors (Lipinski definition) is 2. The number of rotatable bonds is 8. The molecule has 0 fully saturated rings. The van der Waals surface area contributed by atoms with Crippen LogP contribution in [0.2, 0.25) is 0 Å². The summed E-state index contributed by atoms with van der Waals surface area (Å²) < 4.78 is 6.41. The van der Waals surface area contributed by atoms with Gasteiger partial charge in [-0.3, -0.25) is 9.69 Å². The van der Waals surface area contributed by atoms with Crippen LogP contribution in [0, 0.1) is 5.92 Å². The zero-order valence-corrected chi connectivity index (χ0v) is 21.9. The number of hydrogen-bond acceptors (Lipinski definition) is 6. The summed E-state index contributed by atoms with van der Waals surface area (Å²) in [6, 6.07) is 8.53. The molecule has 1 aliphatic heterocycles. The van der Waals surface area contributed by atoms with Gasteiger partial charge in [-0.1, -0.05) is 31.2 Å². The van der Waals surface area contributed by atoms with Crippen molar-refractivity contribution in [2.24, 2.45) is 5.92 Å². The first kappa shape index (κ1) is 26.8. The molecule has 4 rings (SSSR count). The number of aromatic nitrogens is 1. The normalized spacial score (nSPS) is 20.9. The Kier molecular flexibility index (Phi) is 8.61. The molecule has 1 aromatic heterocycles. The van der Waals surface area contributed by atoms with Gasteiger partial charge in [0.15, 0.2) is 0 Å². The van der Waals surface area contributed by atoms with Gasteiger partial charge in [-0.15, -0.1) is 0 Å². The average molecular weight is 508 g/mol. The van der Waals surface area contributed by atoms with Crippen molar-refractivity contribution in [1.82, 2.24) is 14.8 Å². The van der Waals surface area contributed by atoms with Crippen LogP contribution in [0.25, 0.3) is 5.57 Å². The second-order valence-electron chi connectivity index (χ2n) is 10.3. The van der Waals surface area contributed by atoms with Crippen LogP contribution >= 0.6 is 0 Å². The molecule has 8 nitrogen and oxygen atoms in total. The molecule has 8 heteroatoms. The Hall–Kier alpha value is -3.23. The Balaban J connectivity index is 1.63. The van der Waals surface area contributed by atoms with Gasteiger partial charge in [0.1, 0.15) is 11.7 Å². The fourth-order valence-electron chi connectivity index (χ4n) is 5.13. The first-order valence-corrected chi connectivity index (χ1v) is 13.1. The van der Waals surface area contributed by atoms with Crippen molar-refractivity contribution in [2.45, 2.75) is 58.2 Å². The number of carbonyl (C=O) groups is 2. The largest absolute Gasteiger partial charge is 0.478 e. The van der Waals surface area contributed by atoms with Crippen molar-refractivity contribution in [3.63, 3.8) is 0 Å². The number of carboxylic acid groups (broad SMARTS) is 1. The van der Waals surface area contributed by atoms with Crippen molar-refractivity contribution < 1.29 is 24.5 Å². The molecular formula is C29H37N3O5. The molecule has 1 aromatic carbocycles. The highest BCUT2D eigenvalue weighted by atomic mass is 16.5. The van der Waals surface area contributed by atoms with Crippen LogP contribution in [0.5, 0.6) is 5.88 Å². The molecule has 1 aliphatic carbocycles. The van der Waals surface area contributed by atoms with Crippen molar-refractivity contribution in [2.75, 3.05) is 26.7 Å². The number of allylic oxidation sites excluding steroid dienone is 2. The van der Waals surface area contributed by atoms with Gasteiger partial charge in [0.2, 0.25) is 5.88 Å². The van der Waals surface area contributed by atoms with E-state index in [1.807, 2.05) is 44.0 Å². The lowest BCUT2D eigenvalue weighted by molar-refractivity contribution is 0.0325. The standard InChI is InChI=1S/C29H37N3O5/c1-19-15-32(20(2)18-33)28(34)25-13-23(21-9-5-4-6-10-21)14-30-27(25)37-26(19)17-31(3)16-22-11-7-8-12-24(22)29(35)36/h7-9,11-14,19-20,26,33H,4-6,10,15-18H2,1-3H3,(H,35,36)/t19-,20-,26-/m0/s1. The summed E-state index contributed by atoms with van der Waals surface area (Å²) >= 11 is 0. The number of fused-ring (bicyclic) bond motifs is 1. The number of aliphatic hydroxyl groups is 1. The van der Waals surface area contributed by atoms with Crippen molar-refractivity contribution in [1.29, 1.82) is 0 Å². The zero-order chi connectivity index (χ0) is 26.5. The second-order valence-corrected chi connectivity index (χ2v) is 10.3. The number of nitrogens with zero attached hydrogens (tertiary/aromatic N) is 3. The van der Waals surface area contributed by atoms with Crippen molar-refractivity contribution in [3.05, 3.63) is 64.9 Å². The Labute approximate surface area is 218 Å². The van der Waals surface area contributed by atoms with E-state index in [9.17, 15) is 19.8 Å². The lowest BCUT2D eigenvalue weighted by atomic mass is 9.93. The Bertz CT molecular complexity index is 1160. The minimum absolute atomic E-state index is 0.0502. The molecule has 0 bridgehead atoms. The summed E-state index contributed by atoms with van der Waals surface area (Å²) in [6.45, 7) is 5.12. The highest BCUT2D eigenvalue weighted by Crippen LogP contribution is 2.32. The van der Waals surface area contributed by atoms with Crippen LogP contribution in [0.1, 0.15) is 71.4 Å². The van der Waals surface area contributed by atoms with Gasteiger partial charge < -0.3 is 19.8 Å². The minimum atomic E-state index is -0.950. The van der Waals surface area contributed by atoms with Gasteiger partial charge in [0.05, 0.1) is 18.2 Å². The van der Waals surface area contributed by atoms with E-state index in [2.05, 4.69) is 11.1 Å². The number of ether oxygens (including phenoxy) is 1. The predicted molar refractivity (Wildman–Crippen MR) is 142 cm³/mol. The highest BCUT2D eigenvalue weighted by Gasteiger charge is 2.34.